The van der Waals surface area contributed by atoms with E-state index in [0.29, 0.717) is 29.1 Å². The lowest BCUT2D eigenvalue weighted by Gasteiger charge is -2.10. The zero-order valence-electron chi connectivity index (χ0n) is 17.9. The lowest BCUT2D eigenvalue weighted by Crippen LogP contribution is -2.19. The zero-order valence-corrected chi connectivity index (χ0v) is 17.9. The molecule has 3 rings (SSSR count). The second-order valence-corrected chi connectivity index (χ2v) is 7.34. The number of halogens is 5. The van der Waals surface area contributed by atoms with Crippen molar-refractivity contribution in [3.8, 4) is 11.3 Å². The normalized spacial score (nSPS) is 11.8. The van der Waals surface area contributed by atoms with Crippen LogP contribution in [0.15, 0.2) is 36.5 Å². The van der Waals surface area contributed by atoms with Crippen LogP contribution in [-0.2, 0) is 12.7 Å². The van der Waals surface area contributed by atoms with Crippen LogP contribution in [0.5, 0.6) is 0 Å². The predicted octanol–water partition coefficient (Wildman–Crippen LogP) is 5.49. The molecule has 0 fully saturated rings. The van der Waals surface area contributed by atoms with Crippen molar-refractivity contribution in [1.29, 1.82) is 0 Å². The van der Waals surface area contributed by atoms with Gasteiger partial charge in [-0.05, 0) is 43.7 Å². The first kappa shape index (κ1) is 24.3. The standard InChI is InChI=1S/C22H22F5N5O/c1-3-8-28-10-13-9-16(18(19(23)24)29-11-13)20(33)32-21-30-12(2)17(31-21)14-4-6-15(7-5-14)22(25,26)27/h4-7,9,11,19,28H,3,8,10H2,1-2H3,(H2,30,31,32,33). The summed E-state index contributed by atoms with van der Waals surface area (Å²) in [5, 5.41) is 5.55. The van der Waals surface area contributed by atoms with E-state index in [1.54, 1.807) is 6.92 Å². The van der Waals surface area contributed by atoms with E-state index < -0.39 is 29.8 Å². The van der Waals surface area contributed by atoms with Crippen LogP contribution in [0.1, 0.15) is 52.6 Å². The van der Waals surface area contributed by atoms with Gasteiger partial charge in [-0.1, -0.05) is 19.1 Å². The average Bonchev–Trinajstić information content (AvgIpc) is 3.13. The minimum absolute atomic E-state index is 0.0258. The number of nitrogens with one attached hydrogen (secondary N) is 3. The molecule has 0 radical (unpaired) electrons. The number of carbonyl (C=O) groups is 1. The summed E-state index contributed by atoms with van der Waals surface area (Å²) >= 11 is 0. The summed E-state index contributed by atoms with van der Waals surface area (Å²) in [5.74, 6) is -0.856. The Morgan fingerprint density at radius 1 is 1.18 bits per heavy atom. The lowest BCUT2D eigenvalue weighted by atomic mass is 10.1. The third-order valence-corrected chi connectivity index (χ3v) is 4.78. The molecule has 0 aliphatic carbocycles. The minimum Gasteiger partial charge on any atom is -0.328 e. The molecular weight excluding hydrogens is 445 g/mol. The van der Waals surface area contributed by atoms with Gasteiger partial charge in [0.05, 0.1) is 16.8 Å². The molecule has 1 aromatic carbocycles. The highest BCUT2D eigenvalue weighted by Crippen LogP contribution is 2.31. The molecule has 0 spiro atoms. The third kappa shape index (κ3) is 5.92. The van der Waals surface area contributed by atoms with Crippen LogP contribution < -0.4 is 10.6 Å². The van der Waals surface area contributed by atoms with Crippen molar-refractivity contribution in [2.24, 2.45) is 0 Å². The van der Waals surface area contributed by atoms with Gasteiger partial charge in [-0.3, -0.25) is 15.1 Å². The maximum atomic E-state index is 13.4. The van der Waals surface area contributed by atoms with Gasteiger partial charge < -0.3 is 10.3 Å². The quantitative estimate of drug-likeness (QED) is 0.302. The number of hydrogen-bond acceptors (Lipinski definition) is 4. The summed E-state index contributed by atoms with van der Waals surface area (Å²) in [7, 11) is 0. The van der Waals surface area contributed by atoms with E-state index in [1.165, 1.54) is 24.4 Å². The molecule has 3 aromatic rings. The van der Waals surface area contributed by atoms with E-state index in [-0.39, 0.29) is 11.5 Å². The zero-order chi connectivity index (χ0) is 24.2. The van der Waals surface area contributed by atoms with Gasteiger partial charge in [-0.25, -0.2) is 13.8 Å². The molecule has 0 aliphatic heterocycles. The topological polar surface area (TPSA) is 82.7 Å². The van der Waals surface area contributed by atoms with Crippen molar-refractivity contribution in [1.82, 2.24) is 20.3 Å². The lowest BCUT2D eigenvalue weighted by molar-refractivity contribution is -0.137. The summed E-state index contributed by atoms with van der Waals surface area (Å²) in [6.07, 6.45) is -5.24. The molecule has 0 atom stereocenters. The van der Waals surface area contributed by atoms with Crippen LogP contribution in [0.25, 0.3) is 11.3 Å². The van der Waals surface area contributed by atoms with Gasteiger partial charge in [-0.15, -0.1) is 0 Å². The molecule has 0 saturated heterocycles. The van der Waals surface area contributed by atoms with E-state index >= 15 is 0 Å². The smallest absolute Gasteiger partial charge is 0.328 e. The molecule has 11 heteroatoms. The number of pyridine rings is 1. The first-order valence-corrected chi connectivity index (χ1v) is 10.1. The summed E-state index contributed by atoms with van der Waals surface area (Å²) in [6.45, 7) is 4.69. The highest BCUT2D eigenvalue weighted by molar-refractivity contribution is 6.04. The molecule has 0 saturated carbocycles. The number of imidazole rings is 1. The molecule has 176 valence electrons. The molecule has 0 bridgehead atoms. The van der Waals surface area contributed by atoms with Crippen molar-refractivity contribution < 1.29 is 26.7 Å². The fraction of sp³-hybridized carbons (Fsp3) is 0.318. The first-order chi connectivity index (χ1) is 15.6. The first-order valence-electron chi connectivity index (χ1n) is 10.1. The number of benzene rings is 1. The Kier molecular flexibility index (Phi) is 7.42. The number of aromatic nitrogens is 3. The van der Waals surface area contributed by atoms with E-state index in [9.17, 15) is 26.7 Å². The molecule has 0 unspecified atom stereocenters. The van der Waals surface area contributed by atoms with Crippen molar-refractivity contribution in [2.45, 2.75) is 39.4 Å². The molecule has 33 heavy (non-hydrogen) atoms. The maximum absolute atomic E-state index is 13.4. The monoisotopic (exact) mass is 467 g/mol. The Labute approximate surface area is 186 Å². The highest BCUT2D eigenvalue weighted by Gasteiger charge is 2.30. The Hall–Kier alpha value is -3.34. The Morgan fingerprint density at radius 3 is 2.48 bits per heavy atom. The van der Waals surface area contributed by atoms with Gasteiger partial charge in [0.15, 0.2) is 0 Å². The second kappa shape index (κ2) is 10.1. The average molecular weight is 467 g/mol. The van der Waals surface area contributed by atoms with E-state index in [4.69, 9.17) is 0 Å². The number of alkyl halides is 5. The Morgan fingerprint density at radius 2 is 1.88 bits per heavy atom. The number of amides is 1. The Bertz CT molecular complexity index is 1110. The van der Waals surface area contributed by atoms with Gasteiger partial charge in [-0.2, -0.15) is 13.2 Å². The highest BCUT2D eigenvalue weighted by atomic mass is 19.4. The fourth-order valence-corrected chi connectivity index (χ4v) is 3.17. The van der Waals surface area contributed by atoms with Crippen LogP contribution in [-0.4, -0.2) is 27.4 Å². The van der Waals surface area contributed by atoms with Crippen LogP contribution in [0, 0.1) is 6.92 Å². The van der Waals surface area contributed by atoms with E-state index in [2.05, 4.69) is 25.6 Å². The largest absolute Gasteiger partial charge is 0.416 e. The third-order valence-electron chi connectivity index (χ3n) is 4.78. The fourth-order valence-electron chi connectivity index (χ4n) is 3.17. The summed E-state index contributed by atoms with van der Waals surface area (Å²) in [6, 6.07) is 5.74. The van der Waals surface area contributed by atoms with Gasteiger partial charge in [0, 0.05) is 24.0 Å². The number of carbonyl (C=O) groups excluding carboxylic acids is 1. The summed E-state index contributed by atoms with van der Waals surface area (Å²) in [5.41, 5.74) is 0.0333. The Balaban J connectivity index is 1.83. The maximum Gasteiger partial charge on any atom is 0.416 e. The van der Waals surface area contributed by atoms with Crippen LogP contribution in [0.3, 0.4) is 0 Å². The van der Waals surface area contributed by atoms with E-state index in [0.717, 1.165) is 25.1 Å². The molecular formula is C22H22F5N5O. The van der Waals surface area contributed by atoms with Crippen LogP contribution in [0.2, 0.25) is 0 Å². The number of nitrogens with zero attached hydrogens (tertiary/aromatic N) is 2. The van der Waals surface area contributed by atoms with E-state index in [1.807, 2.05) is 6.92 Å². The second-order valence-electron chi connectivity index (χ2n) is 7.34. The summed E-state index contributed by atoms with van der Waals surface area (Å²) < 4.78 is 65.2. The van der Waals surface area contributed by atoms with Gasteiger partial charge >= 0.3 is 6.18 Å². The molecule has 3 N–H and O–H groups in total. The van der Waals surface area contributed by atoms with Crippen molar-refractivity contribution >= 4 is 11.9 Å². The number of rotatable bonds is 8. The van der Waals surface area contributed by atoms with Crippen molar-refractivity contribution in [3.05, 3.63) is 64.6 Å². The number of aromatic amines is 1. The van der Waals surface area contributed by atoms with Crippen LogP contribution in [0.4, 0.5) is 27.9 Å². The predicted molar refractivity (Wildman–Crippen MR) is 113 cm³/mol. The molecule has 2 aromatic heterocycles. The minimum atomic E-state index is -4.46. The van der Waals surface area contributed by atoms with Crippen molar-refractivity contribution in [2.75, 3.05) is 11.9 Å². The van der Waals surface area contributed by atoms with Crippen LogP contribution >= 0.6 is 0 Å². The number of aryl methyl sites for hydroxylation is 1. The number of anilines is 1. The number of H-pyrrole nitrogens is 1. The van der Waals surface area contributed by atoms with Gasteiger partial charge in [0.2, 0.25) is 5.95 Å². The van der Waals surface area contributed by atoms with Gasteiger partial charge in [0.25, 0.3) is 12.3 Å². The SMILES string of the molecule is CCCNCc1cnc(C(F)F)c(C(=O)Nc2nc(-c3ccc(C(F)(F)F)cc3)c(C)[nH]2)c1. The molecule has 0 aliphatic rings. The number of hydrogen-bond donors (Lipinski definition) is 3. The van der Waals surface area contributed by atoms with Gasteiger partial charge in [0.1, 0.15) is 5.69 Å². The molecule has 6 nitrogen and oxygen atoms in total. The summed E-state index contributed by atoms with van der Waals surface area (Å²) in [4.78, 5) is 23.5. The molecule has 2 heterocycles. The molecule has 1 amide bonds. The van der Waals surface area contributed by atoms with Crippen molar-refractivity contribution in [3.63, 3.8) is 0 Å².